The van der Waals surface area contributed by atoms with Crippen molar-refractivity contribution in [2.45, 2.75) is 51.5 Å². The van der Waals surface area contributed by atoms with Crippen molar-refractivity contribution in [1.29, 1.82) is 0 Å². The Balaban J connectivity index is 1.35. The lowest BCUT2D eigenvalue weighted by molar-refractivity contribution is -0.125. The Labute approximate surface area is 189 Å². The van der Waals surface area contributed by atoms with E-state index in [0.29, 0.717) is 13.2 Å². The maximum atomic E-state index is 12.5. The van der Waals surface area contributed by atoms with Crippen molar-refractivity contribution >= 4 is 16.9 Å². The van der Waals surface area contributed by atoms with Gasteiger partial charge in [0, 0.05) is 25.4 Å². The highest BCUT2D eigenvalue weighted by Crippen LogP contribution is 2.26. The Morgan fingerprint density at radius 1 is 1.06 bits per heavy atom. The fourth-order valence-corrected chi connectivity index (χ4v) is 4.52. The van der Waals surface area contributed by atoms with Crippen LogP contribution in [0.5, 0.6) is 11.5 Å². The van der Waals surface area contributed by atoms with Gasteiger partial charge in [0.05, 0.1) is 24.8 Å². The van der Waals surface area contributed by atoms with Crippen LogP contribution in [-0.4, -0.2) is 35.7 Å². The van der Waals surface area contributed by atoms with E-state index in [0.717, 1.165) is 60.6 Å². The Bertz CT molecular complexity index is 1020. The number of carbonyl (C=O) groups is 1. The van der Waals surface area contributed by atoms with Gasteiger partial charge in [-0.1, -0.05) is 43.5 Å². The number of ether oxygens (including phenoxy) is 2. The van der Waals surface area contributed by atoms with Gasteiger partial charge in [-0.25, -0.2) is 4.98 Å². The van der Waals surface area contributed by atoms with Gasteiger partial charge in [-0.3, -0.25) is 4.79 Å². The number of rotatable bonds is 10. The van der Waals surface area contributed by atoms with E-state index >= 15 is 0 Å². The number of aryl methyl sites for hydroxylation is 1. The van der Waals surface area contributed by atoms with Crippen LogP contribution in [0.25, 0.3) is 11.0 Å². The number of imidazole rings is 1. The van der Waals surface area contributed by atoms with Crippen molar-refractivity contribution in [3.8, 4) is 11.5 Å². The summed E-state index contributed by atoms with van der Waals surface area (Å²) in [6.07, 6.45) is 7.22. The molecule has 0 aliphatic heterocycles. The molecule has 1 saturated carbocycles. The standard InChI is InChI=1S/C26H33N3O3/c1-31-23-14-7-8-15-24(23)32-19-9-18-29-22-13-6-5-12-21(22)28-25(29)16-17-27-26(30)20-10-3-2-4-11-20/h5-8,12-15,20H,2-4,9-11,16-19H2,1H3,(H,27,30). The molecule has 1 aliphatic carbocycles. The number of aromatic nitrogens is 2. The molecule has 6 heteroatoms. The van der Waals surface area contributed by atoms with Gasteiger partial charge in [-0.15, -0.1) is 0 Å². The zero-order valence-corrected chi connectivity index (χ0v) is 18.9. The van der Waals surface area contributed by atoms with E-state index in [9.17, 15) is 4.79 Å². The normalized spacial score (nSPS) is 14.4. The molecule has 32 heavy (non-hydrogen) atoms. The third-order valence-electron chi connectivity index (χ3n) is 6.21. The van der Waals surface area contributed by atoms with Gasteiger partial charge in [0.2, 0.25) is 5.91 Å². The molecule has 2 aromatic carbocycles. The minimum Gasteiger partial charge on any atom is -0.493 e. The summed E-state index contributed by atoms with van der Waals surface area (Å²) in [6.45, 7) is 2.02. The molecule has 0 radical (unpaired) electrons. The minimum absolute atomic E-state index is 0.190. The average molecular weight is 436 g/mol. The molecule has 1 fully saturated rings. The number of methoxy groups -OCH3 is 1. The summed E-state index contributed by atoms with van der Waals surface area (Å²) in [5, 5.41) is 3.14. The molecule has 1 N–H and O–H groups in total. The van der Waals surface area contributed by atoms with Crippen LogP contribution in [0.1, 0.15) is 44.3 Å². The zero-order chi connectivity index (χ0) is 22.2. The second-order valence-corrected chi connectivity index (χ2v) is 8.40. The van der Waals surface area contributed by atoms with Gasteiger partial charge in [0.1, 0.15) is 5.82 Å². The molecule has 1 aromatic heterocycles. The van der Waals surface area contributed by atoms with Crippen molar-refractivity contribution in [3.63, 3.8) is 0 Å². The minimum atomic E-state index is 0.190. The lowest BCUT2D eigenvalue weighted by Gasteiger charge is -2.20. The summed E-state index contributed by atoms with van der Waals surface area (Å²) in [7, 11) is 1.65. The first-order valence-corrected chi connectivity index (χ1v) is 11.7. The molecule has 3 aromatic rings. The van der Waals surface area contributed by atoms with Gasteiger partial charge in [0.15, 0.2) is 11.5 Å². The van der Waals surface area contributed by atoms with Gasteiger partial charge in [-0.2, -0.15) is 0 Å². The van der Waals surface area contributed by atoms with Crippen molar-refractivity contribution in [2.75, 3.05) is 20.3 Å². The first kappa shape index (κ1) is 22.2. The van der Waals surface area contributed by atoms with E-state index in [-0.39, 0.29) is 11.8 Å². The summed E-state index contributed by atoms with van der Waals surface area (Å²) < 4.78 is 13.6. The smallest absolute Gasteiger partial charge is 0.223 e. The third kappa shape index (κ3) is 5.42. The van der Waals surface area contributed by atoms with Crippen LogP contribution in [0, 0.1) is 5.92 Å². The highest BCUT2D eigenvalue weighted by molar-refractivity contribution is 5.78. The molecule has 170 valence electrons. The number of amides is 1. The molecule has 0 spiro atoms. The van der Waals surface area contributed by atoms with Crippen molar-refractivity contribution in [1.82, 2.24) is 14.9 Å². The van der Waals surface area contributed by atoms with E-state index in [1.807, 2.05) is 42.5 Å². The molecule has 1 aliphatic rings. The first-order valence-electron chi connectivity index (χ1n) is 11.7. The van der Waals surface area contributed by atoms with Crippen LogP contribution in [0.2, 0.25) is 0 Å². The maximum absolute atomic E-state index is 12.5. The number of fused-ring (bicyclic) bond motifs is 1. The molecule has 0 saturated heterocycles. The van der Waals surface area contributed by atoms with E-state index in [1.165, 1.54) is 19.3 Å². The monoisotopic (exact) mass is 435 g/mol. The fourth-order valence-electron chi connectivity index (χ4n) is 4.52. The summed E-state index contributed by atoms with van der Waals surface area (Å²) in [5.74, 6) is 2.91. The summed E-state index contributed by atoms with van der Waals surface area (Å²) in [6, 6.07) is 15.9. The topological polar surface area (TPSA) is 65.4 Å². The summed E-state index contributed by atoms with van der Waals surface area (Å²) in [5.41, 5.74) is 2.12. The number of benzene rings is 2. The van der Waals surface area contributed by atoms with E-state index < -0.39 is 0 Å². The number of carbonyl (C=O) groups excluding carboxylic acids is 1. The van der Waals surface area contributed by atoms with Gasteiger partial charge >= 0.3 is 0 Å². The average Bonchev–Trinajstić information content (AvgIpc) is 3.19. The molecule has 0 unspecified atom stereocenters. The lowest BCUT2D eigenvalue weighted by Crippen LogP contribution is -2.33. The van der Waals surface area contributed by atoms with Crippen LogP contribution < -0.4 is 14.8 Å². The first-order chi connectivity index (χ1) is 15.8. The van der Waals surface area contributed by atoms with E-state index in [1.54, 1.807) is 7.11 Å². The number of para-hydroxylation sites is 4. The summed E-state index contributed by atoms with van der Waals surface area (Å²) in [4.78, 5) is 17.3. The number of nitrogens with one attached hydrogen (secondary N) is 1. The largest absolute Gasteiger partial charge is 0.493 e. The molecule has 0 atom stereocenters. The SMILES string of the molecule is COc1ccccc1OCCCn1c(CCNC(=O)C2CCCCC2)nc2ccccc21. The van der Waals surface area contributed by atoms with Crippen molar-refractivity contribution in [3.05, 3.63) is 54.4 Å². The summed E-state index contributed by atoms with van der Waals surface area (Å²) >= 11 is 0. The second-order valence-electron chi connectivity index (χ2n) is 8.40. The molecule has 4 rings (SSSR count). The Morgan fingerprint density at radius 2 is 1.81 bits per heavy atom. The quantitative estimate of drug-likeness (QED) is 0.467. The number of nitrogens with zero attached hydrogens (tertiary/aromatic N) is 2. The Hall–Kier alpha value is -3.02. The van der Waals surface area contributed by atoms with Gasteiger partial charge in [-0.05, 0) is 43.5 Å². The Kier molecular flexibility index (Phi) is 7.64. The third-order valence-corrected chi connectivity index (χ3v) is 6.21. The highest BCUT2D eigenvalue weighted by Gasteiger charge is 2.20. The predicted molar refractivity (Wildman–Crippen MR) is 126 cm³/mol. The molecule has 1 heterocycles. The van der Waals surface area contributed by atoms with Crippen LogP contribution in [0.4, 0.5) is 0 Å². The van der Waals surface area contributed by atoms with Gasteiger partial charge < -0.3 is 19.4 Å². The van der Waals surface area contributed by atoms with E-state index in [2.05, 4.69) is 16.0 Å². The van der Waals surface area contributed by atoms with Gasteiger partial charge in [0.25, 0.3) is 0 Å². The van der Waals surface area contributed by atoms with E-state index in [4.69, 9.17) is 14.5 Å². The van der Waals surface area contributed by atoms with Crippen LogP contribution in [0.15, 0.2) is 48.5 Å². The predicted octanol–water partition coefficient (Wildman–Crippen LogP) is 4.75. The number of hydrogen-bond donors (Lipinski definition) is 1. The maximum Gasteiger partial charge on any atom is 0.223 e. The lowest BCUT2D eigenvalue weighted by atomic mass is 9.89. The van der Waals surface area contributed by atoms with Crippen LogP contribution >= 0.6 is 0 Å². The van der Waals surface area contributed by atoms with Crippen molar-refractivity contribution in [2.24, 2.45) is 5.92 Å². The Morgan fingerprint density at radius 3 is 2.62 bits per heavy atom. The fraction of sp³-hybridized carbons (Fsp3) is 0.462. The zero-order valence-electron chi connectivity index (χ0n) is 18.9. The molecule has 0 bridgehead atoms. The highest BCUT2D eigenvalue weighted by atomic mass is 16.5. The van der Waals surface area contributed by atoms with Crippen LogP contribution in [-0.2, 0) is 17.8 Å². The molecule has 1 amide bonds. The molecular weight excluding hydrogens is 402 g/mol. The second kappa shape index (κ2) is 11.0. The van der Waals surface area contributed by atoms with Crippen molar-refractivity contribution < 1.29 is 14.3 Å². The van der Waals surface area contributed by atoms with Crippen LogP contribution in [0.3, 0.4) is 0 Å². The molecule has 6 nitrogen and oxygen atoms in total. The number of hydrogen-bond acceptors (Lipinski definition) is 4. The molecular formula is C26H33N3O3.